The number of aromatic nitrogens is 3. The molecule has 2 fully saturated rings. The fourth-order valence-electron chi connectivity index (χ4n) is 2.47. The Morgan fingerprint density at radius 3 is 2.64 bits per heavy atom. The van der Waals surface area contributed by atoms with E-state index in [1.54, 1.807) is 0 Å². The Morgan fingerprint density at radius 1 is 1.32 bits per heavy atom. The Morgan fingerprint density at radius 2 is 2.05 bits per heavy atom. The first-order chi connectivity index (χ1) is 10.4. The van der Waals surface area contributed by atoms with Gasteiger partial charge in [0.1, 0.15) is 5.82 Å². The maximum Gasteiger partial charge on any atom is 0.302 e. The van der Waals surface area contributed by atoms with Crippen molar-refractivity contribution in [3.63, 3.8) is 0 Å². The van der Waals surface area contributed by atoms with Gasteiger partial charge < -0.3 is 0 Å². The molecule has 10 heteroatoms. The molecule has 22 heavy (non-hydrogen) atoms. The van der Waals surface area contributed by atoms with Crippen molar-refractivity contribution in [1.29, 1.82) is 0 Å². The predicted molar refractivity (Wildman–Crippen MR) is 78.9 cm³/mol. The van der Waals surface area contributed by atoms with Gasteiger partial charge in [0.25, 0.3) is 0 Å². The summed E-state index contributed by atoms with van der Waals surface area (Å²) in [5.74, 6) is -0.276. The Kier molecular flexibility index (Phi) is 4.06. The third-order valence-electron chi connectivity index (χ3n) is 3.63. The number of nitrogens with zero attached hydrogens (tertiary/aromatic N) is 4. The van der Waals surface area contributed by atoms with E-state index >= 15 is 0 Å². The lowest BCUT2D eigenvalue weighted by atomic mass is 10.1. The van der Waals surface area contributed by atoms with Crippen LogP contribution in [0.25, 0.3) is 0 Å². The van der Waals surface area contributed by atoms with Crippen LogP contribution in [0.1, 0.15) is 31.0 Å². The minimum absolute atomic E-state index is 0.0117. The fraction of sp³-hybridized carbons (Fsp3) is 0.667. The largest absolute Gasteiger partial charge is 0.302 e. The molecular formula is C12H15FN4O3S2. The van der Waals surface area contributed by atoms with Crippen molar-refractivity contribution in [3.05, 3.63) is 5.82 Å². The predicted octanol–water partition coefficient (Wildman–Crippen LogP) is 1.12. The average Bonchev–Trinajstić information content (AvgIpc) is 3.21. The van der Waals surface area contributed by atoms with Crippen LogP contribution in [0.15, 0.2) is 5.16 Å². The van der Waals surface area contributed by atoms with E-state index in [-0.39, 0.29) is 24.8 Å². The zero-order chi connectivity index (χ0) is 15.9. The summed E-state index contributed by atoms with van der Waals surface area (Å²) in [5, 5.41) is 0.529. The average molecular weight is 346 g/mol. The molecule has 0 bridgehead atoms. The standard InChI is InChI=1S/C12H15FN4O3S2/c1-21-12-15-10(8-2-3-8)14-11(16-12)17-5-7(4-9(17)18)6-22(13,19)20/h7-8H,2-6H2,1H3. The van der Waals surface area contributed by atoms with Gasteiger partial charge in [-0.25, -0.2) is 4.98 Å². The van der Waals surface area contributed by atoms with Crippen molar-refractivity contribution in [3.8, 4) is 0 Å². The van der Waals surface area contributed by atoms with Gasteiger partial charge in [0.15, 0.2) is 5.16 Å². The van der Waals surface area contributed by atoms with Crippen molar-refractivity contribution in [2.24, 2.45) is 5.92 Å². The Bertz CT molecular complexity index is 708. The summed E-state index contributed by atoms with van der Waals surface area (Å²) in [7, 11) is -4.60. The molecule has 0 spiro atoms. The van der Waals surface area contributed by atoms with Crippen molar-refractivity contribution < 1.29 is 17.1 Å². The Hall–Kier alpha value is -1.29. The summed E-state index contributed by atoms with van der Waals surface area (Å²) in [5.41, 5.74) is 0. The molecule has 1 amide bonds. The number of thioether (sulfide) groups is 1. The summed E-state index contributed by atoms with van der Waals surface area (Å²) >= 11 is 1.36. The van der Waals surface area contributed by atoms with Gasteiger partial charge in [0.2, 0.25) is 11.9 Å². The van der Waals surface area contributed by atoms with E-state index in [2.05, 4.69) is 15.0 Å². The van der Waals surface area contributed by atoms with Gasteiger partial charge in [-0.3, -0.25) is 9.69 Å². The molecule has 0 N–H and O–H groups in total. The van der Waals surface area contributed by atoms with Gasteiger partial charge in [0, 0.05) is 24.8 Å². The maximum absolute atomic E-state index is 12.8. The first kappa shape index (κ1) is 15.6. The van der Waals surface area contributed by atoms with Gasteiger partial charge in [-0.1, -0.05) is 11.8 Å². The highest BCUT2D eigenvalue weighted by Gasteiger charge is 2.36. The summed E-state index contributed by atoms with van der Waals surface area (Å²) in [4.78, 5) is 26.3. The normalized spacial score (nSPS) is 22.4. The van der Waals surface area contributed by atoms with Crippen LogP contribution in [0.3, 0.4) is 0 Å². The minimum atomic E-state index is -4.60. The second kappa shape index (κ2) is 5.73. The Labute approximate surface area is 131 Å². The van der Waals surface area contributed by atoms with E-state index in [0.717, 1.165) is 12.8 Å². The van der Waals surface area contributed by atoms with Gasteiger partial charge in [-0.15, -0.1) is 3.89 Å². The molecule has 1 aromatic rings. The third-order valence-corrected chi connectivity index (χ3v) is 5.04. The summed E-state index contributed by atoms with van der Waals surface area (Å²) in [6.07, 6.45) is 3.87. The van der Waals surface area contributed by atoms with E-state index < -0.39 is 21.9 Å². The number of halogens is 1. The summed E-state index contributed by atoms with van der Waals surface area (Å²) in [6, 6.07) is 0. The molecule has 0 radical (unpaired) electrons. The molecule has 0 aromatic carbocycles. The van der Waals surface area contributed by atoms with E-state index in [1.165, 1.54) is 16.7 Å². The molecule has 1 aromatic heterocycles. The van der Waals surface area contributed by atoms with Crippen molar-refractivity contribution in [2.75, 3.05) is 23.5 Å². The monoisotopic (exact) mass is 346 g/mol. The number of carbonyl (C=O) groups is 1. The number of rotatable bonds is 5. The highest BCUT2D eigenvalue weighted by atomic mass is 32.3. The minimum Gasteiger partial charge on any atom is -0.280 e. The zero-order valence-electron chi connectivity index (χ0n) is 11.9. The molecule has 1 atom stereocenters. The number of hydrogen-bond donors (Lipinski definition) is 0. The summed E-state index contributed by atoms with van der Waals surface area (Å²) in [6.45, 7) is 0.115. The van der Waals surface area contributed by atoms with Gasteiger partial charge in [0.05, 0.1) is 5.75 Å². The molecule has 1 unspecified atom stereocenters. The van der Waals surface area contributed by atoms with Crippen molar-refractivity contribution in [2.45, 2.75) is 30.3 Å². The lowest BCUT2D eigenvalue weighted by Gasteiger charge is -2.15. The maximum atomic E-state index is 12.8. The number of amides is 1. The molecule has 2 aliphatic rings. The van der Waals surface area contributed by atoms with Crippen LogP contribution in [0.4, 0.5) is 9.83 Å². The molecule has 1 aliphatic carbocycles. The number of anilines is 1. The van der Waals surface area contributed by atoms with Crippen molar-refractivity contribution in [1.82, 2.24) is 15.0 Å². The molecule has 3 rings (SSSR count). The van der Waals surface area contributed by atoms with Crippen LogP contribution in [0.5, 0.6) is 0 Å². The highest BCUT2D eigenvalue weighted by Crippen LogP contribution is 2.39. The lowest BCUT2D eigenvalue weighted by molar-refractivity contribution is -0.117. The smallest absolute Gasteiger partial charge is 0.280 e. The fourth-order valence-corrected chi connectivity index (χ4v) is 3.61. The molecule has 1 saturated carbocycles. The lowest BCUT2D eigenvalue weighted by Crippen LogP contribution is -2.28. The van der Waals surface area contributed by atoms with E-state index in [1.807, 2.05) is 6.26 Å². The molecule has 1 saturated heterocycles. The first-order valence-corrected chi connectivity index (χ1v) is 9.66. The van der Waals surface area contributed by atoms with E-state index in [9.17, 15) is 17.1 Å². The van der Waals surface area contributed by atoms with E-state index in [4.69, 9.17) is 0 Å². The molecule has 1 aliphatic heterocycles. The Balaban J connectivity index is 1.84. The van der Waals surface area contributed by atoms with Crippen LogP contribution >= 0.6 is 11.8 Å². The van der Waals surface area contributed by atoms with Crippen LogP contribution in [0.2, 0.25) is 0 Å². The topological polar surface area (TPSA) is 93.1 Å². The van der Waals surface area contributed by atoms with Crippen LogP contribution in [0, 0.1) is 5.92 Å². The van der Waals surface area contributed by atoms with Crippen LogP contribution < -0.4 is 4.90 Å². The van der Waals surface area contributed by atoms with Gasteiger partial charge in [-0.2, -0.15) is 18.4 Å². The zero-order valence-corrected chi connectivity index (χ0v) is 13.5. The van der Waals surface area contributed by atoms with E-state index in [0.29, 0.717) is 16.9 Å². The molecule has 7 nitrogen and oxygen atoms in total. The third kappa shape index (κ3) is 3.54. The second-order valence-electron chi connectivity index (χ2n) is 5.53. The first-order valence-electron chi connectivity index (χ1n) is 6.88. The van der Waals surface area contributed by atoms with Crippen molar-refractivity contribution >= 4 is 33.8 Å². The second-order valence-corrected chi connectivity index (χ2v) is 7.72. The highest BCUT2D eigenvalue weighted by molar-refractivity contribution is 7.98. The van der Waals surface area contributed by atoms with Crippen LogP contribution in [-0.2, 0) is 15.0 Å². The summed E-state index contributed by atoms with van der Waals surface area (Å²) < 4.78 is 34.3. The van der Waals surface area contributed by atoms with Gasteiger partial charge in [-0.05, 0) is 19.1 Å². The quantitative estimate of drug-likeness (QED) is 0.582. The number of carbonyl (C=O) groups excluding carboxylic acids is 1. The number of hydrogen-bond acceptors (Lipinski definition) is 7. The molecular weight excluding hydrogens is 331 g/mol. The SMILES string of the molecule is CSc1nc(C2CC2)nc(N2CC(CS(=O)(=O)F)CC2=O)n1. The van der Waals surface area contributed by atoms with Gasteiger partial charge >= 0.3 is 10.2 Å². The van der Waals surface area contributed by atoms with Crippen LogP contribution in [-0.4, -0.2) is 47.8 Å². The molecule has 2 heterocycles. The molecule has 120 valence electrons.